The second-order valence-electron chi connectivity index (χ2n) is 4.61. The van der Waals surface area contributed by atoms with Gasteiger partial charge in [-0.15, -0.1) is 0 Å². The van der Waals surface area contributed by atoms with Crippen molar-refractivity contribution in [3.8, 4) is 12.1 Å². The molecule has 1 aromatic rings. The Balaban J connectivity index is 2.06. The van der Waals surface area contributed by atoms with E-state index in [0.717, 1.165) is 36.3 Å². The van der Waals surface area contributed by atoms with Gasteiger partial charge in [-0.2, -0.15) is 10.5 Å². The number of piperazine rings is 1. The van der Waals surface area contributed by atoms with Crippen LogP contribution in [0.2, 0.25) is 0 Å². The van der Waals surface area contributed by atoms with Crippen LogP contribution in [0.15, 0.2) is 22.7 Å². The van der Waals surface area contributed by atoms with Crippen molar-refractivity contribution in [2.24, 2.45) is 0 Å². The molecule has 1 saturated heterocycles. The number of nitriles is 2. The average Bonchev–Trinajstić information content (AvgIpc) is 2.46. The molecule has 2 rings (SSSR count). The third-order valence-corrected chi connectivity index (χ3v) is 4.10. The minimum Gasteiger partial charge on any atom is -0.368 e. The molecular formula is C14H15BrN4. The van der Waals surface area contributed by atoms with Crippen LogP contribution in [0.25, 0.3) is 0 Å². The molecule has 98 valence electrons. The topological polar surface area (TPSA) is 54.1 Å². The maximum absolute atomic E-state index is 8.93. The van der Waals surface area contributed by atoms with Crippen molar-refractivity contribution in [1.29, 1.82) is 10.5 Å². The summed E-state index contributed by atoms with van der Waals surface area (Å²) in [5.41, 5.74) is 1.77. The summed E-state index contributed by atoms with van der Waals surface area (Å²) in [6.07, 6.45) is 0. The van der Waals surface area contributed by atoms with Gasteiger partial charge in [-0.05, 0) is 41.1 Å². The third-order valence-electron chi connectivity index (χ3n) is 3.47. The molecule has 0 amide bonds. The highest BCUT2D eigenvalue weighted by Gasteiger charge is 2.21. The Labute approximate surface area is 122 Å². The Morgan fingerprint density at radius 3 is 2.42 bits per heavy atom. The van der Waals surface area contributed by atoms with Gasteiger partial charge >= 0.3 is 0 Å². The zero-order valence-electron chi connectivity index (χ0n) is 10.8. The van der Waals surface area contributed by atoms with E-state index in [0.29, 0.717) is 5.56 Å². The number of anilines is 1. The summed E-state index contributed by atoms with van der Waals surface area (Å²) in [4.78, 5) is 4.47. The van der Waals surface area contributed by atoms with Gasteiger partial charge in [0.1, 0.15) is 0 Å². The fourth-order valence-corrected chi connectivity index (χ4v) is 2.89. The van der Waals surface area contributed by atoms with Gasteiger partial charge in [0.15, 0.2) is 0 Å². The summed E-state index contributed by atoms with van der Waals surface area (Å²) < 4.78 is 0.952. The third kappa shape index (κ3) is 3.07. The molecule has 19 heavy (non-hydrogen) atoms. The van der Waals surface area contributed by atoms with Crippen molar-refractivity contribution in [2.75, 3.05) is 31.1 Å². The molecule has 1 aliphatic rings. The van der Waals surface area contributed by atoms with Crippen LogP contribution in [0.1, 0.15) is 12.5 Å². The van der Waals surface area contributed by atoms with E-state index in [4.69, 9.17) is 10.5 Å². The normalized spacial score (nSPS) is 17.6. The molecule has 0 saturated carbocycles. The lowest BCUT2D eigenvalue weighted by molar-refractivity contribution is 0.231. The number of hydrogen-bond donors (Lipinski definition) is 0. The van der Waals surface area contributed by atoms with Crippen LogP contribution < -0.4 is 4.90 Å². The number of rotatable bonds is 2. The SMILES string of the molecule is CC(C#N)N1CCN(c2ccc(C#N)cc2Br)CC1. The van der Waals surface area contributed by atoms with E-state index < -0.39 is 0 Å². The smallest absolute Gasteiger partial charge is 0.0992 e. The van der Waals surface area contributed by atoms with Crippen molar-refractivity contribution in [2.45, 2.75) is 13.0 Å². The summed E-state index contributed by atoms with van der Waals surface area (Å²) >= 11 is 3.52. The summed E-state index contributed by atoms with van der Waals surface area (Å²) in [6, 6.07) is 10.1. The van der Waals surface area contributed by atoms with Gasteiger partial charge in [0.05, 0.1) is 29.4 Å². The standard InChI is InChI=1S/C14H15BrN4/c1-11(9-16)18-4-6-19(7-5-18)14-3-2-12(10-17)8-13(14)15/h2-3,8,11H,4-7H2,1H3. The van der Waals surface area contributed by atoms with E-state index in [9.17, 15) is 0 Å². The fourth-order valence-electron chi connectivity index (χ4n) is 2.26. The molecular weight excluding hydrogens is 304 g/mol. The van der Waals surface area contributed by atoms with Gasteiger partial charge in [0.2, 0.25) is 0 Å². The number of nitrogens with zero attached hydrogens (tertiary/aromatic N) is 4. The number of halogens is 1. The van der Waals surface area contributed by atoms with Crippen LogP contribution >= 0.6 is 15.9 Å². The molecule has 1 fully saturated rings. The van der Waals surface area contributed by atoms with E-state index in [1.54, 1.807) is 0 Å². The van der Waals surface area contributed by atoms with E-state index in [-0.39, 0.29) is 6.04 Å². The van der Waals surface area contributed by atoms with Crippen LogP contribution in [0.5, 0.6) is 0 Å². The molecule has 0 radical (unpaired) electrons. The van der Waals surface area contributed by atoms with Gasteiger partial charge in [-0.1, -0.05) is 0 Å². The van der Waals surface area contributed by atoms with Gasteiger partial charge in [-0.25, -0.2) is 0 Å². The van der Waals surface area contributed by atoms with Crippen LogP contribution in [0.3, 0.4) is 0 Å². The first-order valence-corrected chi connectivity index (χ1v) is 7.03. The Morgan fingerprint density at radius 2 is 1.89 bits per heavy atom. The lowest BCUT2D eigenvalue weighted by Crippen LogP contribution is -2.49. The Hall–Kier alpha value is -1.56. The molecule has 0 N–H and O–H groups in total. The van der Waals surface area contributed by atoms with Crippen molar-refractivity contribution in [1.82, 2.24) is 4.90 Å². The molecule has 0 aromatic heterocycles. The number of hydrogen-bond acceptors (Lipinski definition) is 4. The molecule has 0 spiro atoms. The molecule has 0 bridgehead atoms. The molecule has 0 aliphatic carbocycles. The molecule has 1 aromatic carbocycles. The first-order chi connectivity index (χ1) is 9.15. The highest BCUT2D eigenvalue weighted by molar-refractivity contribution is 9.10. The van der Waals surface area contributed by atoms with E-state index in [1.807, 2.05) is 25.1 Å². The van der Waals surface area contributed by atoms with E-state index in [2.05, 4.69) is 37.9 Å². The maximum atomic E-state index is 8.93. The second kappa shape index (κ2) is 6.06. The maximum Gasteiger partial charge on any atom is 0.0992 e. The van der Waals surface area contributed by atoms with Crippen molar-refractivity contribution >= 4 is 21.6 Å². The molecule has 1 unspecified atom stereocenters. The van der Waals surface area contributed by atoms with Crippen LogP contribution in [0.4, 0.5) is 5.69 Å². The van der Waals surface area contributed by atoms with E-state index >= 15 is 0 Å². The summed E-state index contributed by atoms with van der Waals surface area (Å²) in [5, 5.41) is 17.8. The van der Waals surface area contributed by atoms with Gasteiger partial charge in [0, 0.05) is 30.7 Å². The van der Waals surface area contributed by atoms with Gasteiger partial charge in [-0.3, -0.25) is 4.90 Å². The van der Waals surface area contributed by atoms with Gasteiger partial charge in [0.25, 0.3) is 0 Å². The minimum absolute atomic E-state index is 0.0217. The Morgan fingerprint density at radius 1 is 1.21 bits per heavy atom. The summed E-state index contributed by atoms with van der Waals surface area (Å²) in [7, 11) is 0. The Bertz CT molecular complexity index is 535. The van der Waals surface area contributed by atoms with Crippen molar-refractivity contribution in [3.05, 3.63) is 28.2 Å². The fraction of sp³-hybridized carbons (Fsp3) is 0.429. The summed E-state index contributed by atoms with van der Waals surface area (Å²) in [6.45, 7) is 5.52. The first-order valence-electron chi connectivity index (χ1n) is 6.24. The molecule has 5 heteroatoms. The minimum atomic E-state index is -0.0217. The average molecular weight is 319 g/mol. The van der Waals surface area contributed by atoms with Crippen molar-refractivity contribution < 1.29 is 0 Å². The molecule has 1 atom stereocenters. The van der Waals surface area contributed by atoms with Crippen LogP contribution in [-0.4, -0.2) is 37.1 Å². The molecule has 4 nitrogen and oxygen atoms in total. The van der Waals surface area contributed by atoms with Crippen LogP contribution in [0, 0.1) is 22.7 Å². The van der Waals surface area contributed by atoms with Crippen LogP contribution in [-0.2, 0) is 0 Å². The zero-order valence-corrected chi connectivity index (χ0v) is 12.4. The van der Waals surface area contributed by atoms with E-state index in [1.165, 1.54) is 0 Å². The lowest BCUT2D eigenvalue weighted by atomic mass is 10.2. The zero-order chi connectivity index (χ0) is 13.8. The monoisotopic (exact) mass is 318 g/mol. The highest BCUT2D eigenvalue weighted by Crippen LogP contribution is 2.28. The largest absolute Gasteiger partial charge is 0.368 e. The first kappa shape index (κ1) is 13.9. The van der Waals surface area contributed by atoms with Crippen molar-refractivity contribution in [3.63, 3.8) is 0 Å². The quantitative estimate of drug-likeness (QED) is 0.840. The predicted octanol–water partition coefficient (Wildman–Crippen LogP) is 2.35. The number of benzene rings is 1. The molecule has 1 aliphatic heterocycles. The lowest BCUT2D eigenvalue weighted by Gasteiger charge is -2.37. The van der Waals surface area contributed by atoms with Gasteiger partial charge < -0.3 is 4.90 Å². The second-order valence-corrected chi connectivity index (χ2v) is 5.46. The highest BCUT2D eigenvalue weighted by atomic mass is 79.9. The molecule has 1 heterocycles. The summed E-state index contributed by atoms with van der Waals surface area (Å²) in [5.74, 6) is 0. The Kier molecular flexibility index (Phi) is 4.42. The predicted molar refractivity (Wildman–Crippen MR) is 77.7 cm³/mol.